The smallest absolute Gasteiger partial charge is 0.266 e. The van der Waals surface area contributed by atoms with Crippen molar-refractivity contribution in [2.24, 2.45) is 0 Å². The van der Waals surface area contributed by atoms with Crippen LogP contribution >= 0.6 is 10.7 Å². The highest BCUT2D eigenvalue weighted by Gasteiger charge is 2.16. The lowest BCUT2D eigenvalue weighted by molar-refractivity contribution is 0.317. The first-order valence-electron chi connectivity index (χ1n) is 3.58. The van der Waals surface area contributed by atoms with Crippen molar-refractivity contribution in [1.82, 2.24) is 4.98 Å². The monoisotopic (exact) mass is 221 g/mol. The van der Waals surface area contributed by atoms with Crippen LogP contribution in [0.4, 0.5) is 0 Å². The van der Waals surface area contributed by atoms with Crippen LogP contribution in [0.2, 0.25) is 0 Å². The second-order valence-electron chi connectivity index (χ2n) is 2.18. The van der Waals surface area contributed by atoms with E-state index in [2.05, 4.69) is 4.98 Å². The lowest BCUT2D eigenvalue weighted by Gasteiger charge is -2.04. The second-order valence-corrected chi connectivity index (χ2v) is 4.71. The van der Waals surface area contributed by atoms with E-state index in [1.807, 2.05) is 0 Å². The van der Waals surface area contributed by atoms with Crippen molar-refractivity contribution in [3.05, 3.63) is 18.3 Å². The fourth-order valence-electron chi connectivity index (χ4n) is 0.807. The number of hydrogen-bond acceptors (Lipinski definition) is 4. The van der Waals surface area contributed by atoms with Crippen LogP contribution < -0.4 is 4.74 Å². The molecular formula is C7H8ClNO3S. The maximum absolute atomic E-state index is 11.0. The highest BCUT2D eigenvalue weighted by atomic mass is 35.7. The molecule has 0 N–H and O–H groups in total. The summed E-state index contributed by atoms with van der Waals surface area (Å²) in [7, 11) is 1.38. The molecule has 0 aliphatic rings. The van der Waals surface area contributed by atoms with Crippen LogP contribution in [0.15, 0.2) is 23.2 Å². The minimum atomic E-state index is -3.77. The van der Waals surface area contributed by atoms with Gasteiger partial charge in [-0.25, -0.2) is 13.4 Å². The quantitative estimate of drug-likeness (QED) is 0.725. The van der Waals surface area contributed by atoms with Gasteiger partial charge < -0.3 is 4.74 Å². The molecule has 4 nitrogen and oxygen atoms in total. The summed E-state index contributed by atoms with van der Waals surface area (Å²) in [5.41, 5.74) is 0. The molecule has 0 fully saturated rings. The number of hydrogen-bond donors (Lipinski definition) is 0. The Hall–Kier alpha value is -0.810. The molecule has 1 rings (SSSR count). The molecule has 1 aromatic heterocycles. The summed E-state index contributed by atoms with van der Waals surface area (Å²) in [6.07, 6.45) is 1.44. The van der Waals surface area contributed by atoms with Crippen LogP contribution in [0.25, 0.3) is 0 Å². The number of nitrogens with zero attached hydrogens (tertiary/aromatic N) is 1. The van der Waals surface area contributed by atoms with E-state index in [9.17, 15) is 8.42 Å². The number of aromatic nitrogens is 1. The maximum atomic E-state index is 11.0. The van der Waals surface area contributed by atoms with Crippen molar-refractivity contribution in [2.45, 2.75) is 11.8 Å². The van der Waals surface area contributed by atoms with Crippen molar-refractivity contribution >= 4 is 19.7 Å². The Morgan fingerprint density at radius 2 is 2.31 bits per heavy atom. The number of rotatable bonds is 3. The number of halogens is 1. The van der Waals surface area contributed by atoms with E-state index in [0.29, 0.717) is 6.61 Å². The first-order chi connectivity index (χ1) is 6.05. The second kappa shape index (κ2) is 3.93. The molecule has 6 heteroatoms. The minimum Gasteiger partial charge on any atom is -0.477 e. The van der Waals surface area contributed by atoms with Crippen LogP contribution in [0.1, 0.15) is 6.92 Å². The maximum Gasteiger partial charge on any atom is 0.266 e. The highest BCUT2D eigenvalue weighted by molar-refractivity contribution is 8.13. The number of ether oxygens (including phenoxy) is 1. The molecule has 0 saturated heterocycles. The molecule has 0 saturated carbocycles. The van der Waals surface area contributed by atoms with Gasteiger partial charge in [-0.15, -0.1) is 0 Å². The topological polar surface area (TPSA) is 56.3 Å². The third-order valence-corrected chi connectivity index (χ3v) is 2.61. The zero-order valence-corrected chi connectivity index (χ0v) is 8.47. The third kappa shape index (κ3) is 2.57. The molecule has 0 atom stereocenters. The molecule has 0 aliphatic heterocycles. The molecule has 1 aromatic rings. The van der Waals surface area contributed by atoms with Crippen LogP contribution in [-0.4, -0.2) is 20.0 Å². The van der Waals surface area contributed by atoms with Gasteiger partial charge in [0.15, 0.2) is 0 Å². The van der Waals surface area contributed by atoms with Gasteiger partial charge in [0.25, 0.3) is 9.05 Å². The molecular weight excluding hydrogens is 214 g/mol. The van der Waals surface area contributed by atoms with Crippen molar-refractivity contribution < 1.29 is 13.2 Å². The lowest BCUT2D eigenvalue weighted by Crippen LogP contribution is -2.01. The predicted molar refractivity (Wildman–Crippen MR) is 48.4 cm³/mol. The Kier molecular flexibility index (Phi) is 3.11. The van der Waals surface area contributed by atoms with Gasteiger partial charge >= 0.3 is 0 Å². The van der Waals surface area contributed by atoms with Gasteiger partial charge in [-0.2, -0.15) is 0 Å². The Morgan fingerprint density at radius 1 is 1.62 bits per heavy atom. The summed E-state index contributed by atoms with van der Waals surface area (Å²) in [6.45, 7) is 2.08. The van der Waals surface area contributed by atoms with E-state index in [1.54, 1.807) is 6.92 Å². The van der Waals surface area contributed by atoms with Crippen LogP contribution in [0.5, 0.6) is 5.88 Å². The van der Waals surface area contributed by atoms with E-state index >= 15 is 0 Å². The van der Waals surface area contributed by atoms with E-state index in [0.717, 1.165) is 0 Å². The van der Waals surface area contributed by atoms with Gasteiger partial charge in [0.05, 0.1) is 6.61 Å². The van der Waals surface area contributed by atoms with Gasteiger partial charge in [-0.05, 0) is 19.1 Å². The van der Waals surface area contributed by atoms with E-state index in [4.69, 9.17) is 15.4 Å². The van der Waals surface area contributed by atoms with Gasteiger partial charge in [0, 0.05) is 16.9 Å². The molecule has 72 valence electrons. The third-order valence-electron chi connectivity index (χ3n) is 1.28. The fraction of sp³-hybridized carbons (Fsp3) is 0.286. The summed E-state index contributed by atoms with van der Waals surface area (Å²) in [6, 6.07) is 2.83. The predicted octanol–water partition coefficient (Wildman–Crippen LogP) is 1.41. The van der Waals surface area contributed by atoms with Crippen LogP contribution in [-0.2, 0) is 9.05 Å². The van der Waals surface area contributed by atoms with E-state index in [1.165, 1.54) is 18.3 Å². The summed E-state index contributed by atoms with van der Waals surface area (Å²) in [5.74, 6) is 0.0417. The molecule has 0 spiro atoms. The van der Waals surface area contributed by atoms with Gasteiger partial charge in [0.2, 0.25) is 5.88 Å². The van der Waals surface area contributed by atoms with E-state index in [-0.39, 0.29) is 10.8 Å². The zero-order chi connectivity index (χ0) is 9.90. The van der Waals surface area contributed by atoms with Gasteiger partial charge in [-0.1, -0.05) is 0 Å². The van der Waals surface area contributed by atoms with Crippen molar-refractivity contribution in [3.63, 3.8) is 0 Å². The first-order valence-corrected chi connectivity index (χ1v) is 5.89. The number of pyridine rings is 1. The van der Waals surface area contributed by atoms with Crippen LogP contribution in [0.3, 0.4) is 0 Å². The van der Waals surface area contributed by atoms with Crippen molar-refractivity contribution in [3.8, 4) is 5.88 Å². The molecule has 0 bridgehead atoms. The SMILES string of the molecule is CCOc1ncccc1S(=O)(=O)Cl. The normalized spacial score (nSPS) is 11.2. The lowest BCUT2D eigenvalue weighted by atomic mass is 10.5. The molecule has 0 radical (unpaired) electrons. The van der Waals surface area contributed by atoms with Crippen molar-refractivity contribution in [1.29, 1.82) is 0 Å². The molecule has 1 heterocycles. The van der Waals surface area contributed by atoms with Gasteiger partial charge in [0.1, 0.15) is 4.90 Å². The zero-order valence-electron chi connectivity index (χ0n) is 6.90. The molecule has 0 unspecified atom stereocenters. The summed E-state index contributed by atoms with van der Waals surface area (Å²) >= 11 is 0. The average molecular weight is 222 g/mol. The Bertz CT molecular complexity index is 390. The Labute approximate surface area is 80.9 Å². The summed E-state index contributed by atoms with van der Waals surface area (Å²) in [5, 5.41) is 0. The standard InChI is InChI=1S/C7H8ClNO3S/c1-2-12-7-6(13(8,10)11)4-3-5-9-7/h3-5H,2H2,1H3. The first kappa shape index (κ1) is 10.3. The largest absolute Gasteiger partial charge is 0.477 e. The Balaban J connectivity index is 3.20. The van der Waals surface area contributed by atoms with E-state index < -0.39 is 9.05 Å². The fourth-order valence-corrected chi connectivity index (χ4v) is 1.72. The summed E-state index contributed by atoms with van der Waals surface area (Å²) in [4.78, 5) is 3.65. The molecule has 0 amide bonds. The average Bonchev–Trinajstić information content (AvgIpc) is 2.04. The highest BCUT2D eigenvalue weighted by Crippen LogP contribution is 2.23. The van der Waals surface area contributed by atoms with Crippen LogP contribution in [0, 0.1) is 0 Å². The van der Waals surface area contributed by atoms with Gasteiger partial charge in [-0.3, -0.25) is 0 Å². The summed E-state index contributed by atoms with van der Waals surface area (Å²) < 4.78 is 26.9. The molecule has 0 aromatic carbocycles. The molecule has 0 aliphatic carbocycles. The Morgan fingerprint density at radius 3 is 2.85 bits per heavy atom. The molecule has 13 heavy (non-hydrogen) atoms. The van der Waals surface area contributed by atoms with Crippen molar-refractivity contribution in [2.75, 3.05) is 6.61 Å². The minimum absolute atomic E-state index is 0.0417.